The minimum atomic E-state index is -0.593. The Labute approximate surface area is 123 Å². The molecule has 0 unspecified atom stereocenters. The highest BCUT2D eigenvalue weighted by Crippen LogP contribution is 2.07. The van der Waals surface area contributed by atoms with Gasteiger partial charge in [0.05, 0.1) is 12.7 Å². The maximum atomic E-state index is 11.8. The van der Waals surface area contributed by atoms with E-state index in [-0.39, 0.29) is 6.54 Å². The van der Waals surface area contributed by atoms with Gasteiger partial charge in [0.1, 0.15) is 12.1 Å². The fourth-order valence-corrected chi connectivity index (χ4v) is 1.51. The van der Waals surface area contributed by atoms with Gasteiger partial charge >= 0.3 is 11.9 Å². The Bertz CT molecular complexity index is 528. The van der Waals surface area contributed by atoms with Crippen molar-refractivity contribution in [1.82, 2.24) is 5.32 Å². The van der Waals surface area contributed by atoms with Crippen LogP contribution >= 0.6 is 0 Å². The minimum Gasteiger partial charge on any atom is -0.465 e. The summed E-state index contributed by atoms with van der Waals surface area (Å²) >= 11 is 0. The number of nitrogens with one attached hydrogen (secondary N) is 1. The van der Waals surface area contributed by atoms with Crippen molar-refractivity contribution in [3.8, 4) is 0 Å². The molecule has 1 aromatic carbocycles. The fourth-order valence-electron chi connectivity index (χ4n) is 1.51. The largest absolute Gasteiger partial charge is 0.465 e. The zero-order valence-corrected chi connectivity index (χ0v) is 12.6. The summed E-state index contributed by atoms with van der Waals surface area (Å²) < 4.78 is 9.64. The van der Waals surface area contributed by atoms with Gasteiger partial charge in [-0.15, -0.1) is 0 Å². The second kappa shape index (κ2) is 6.88. The summed E-state index contributed by atoms with van der Waals surface area (Å²) in [4.78, 5) is 34.6. The van der Waals surface area contributed by atoms with Crippen molar-refractivity contribution >= 4 is 17.8 Å². The number of carbonyl (C=O) groups is 3. The summed E-state index contributed by atoms with van der Waals surface area (Å²) in [6.45, 7) is 5.03. The molecule has 114 valence electrons. The van der Waals surface area contributed by atoms with E-state index >= 15 is 0 Å². The second-order valence-corrected chi connectivity index (χ2v) is 5.34. The monoisotopic (exact) mass is 293 g/mol. The van der Waals surface area contributed by atoms with E-state index in [0.29, 0.717) is 11.1 Å². The smallest absolute Gasteiger partial charge is 0.337 e. The normalized spacial score (nSPS) is 10.7. The average molecular weight is 293 g/mol. The highest BCUT2D eigenvalue weighted by Gasteiger charge is 2.17. The Morgan fingerprint density at radius 1 is 1.05 bits per heavy atom. The maximum Gasteiger partial charge on any atom is 0.337 e. The molecule has 0 aliphatic carbocycles. The molecule has 0 atom stereocenters. The number of ether oxygens (including phenoxy) is 2. The van der Waals surface area contributed by atoms with Crippen LogP contribution in [-0.2, 0) is 14.3 Å². The van der Waals surface area contributed by atoms with Gasteiger partial charge in [-0.2, -0.15) is 0 Å². The van der Waals surface area contributed by atoms with Crippen LogP contribution in [0.3, 0.4) is 0 Å². The number of amides is 1. The summed E-state index contributed by atoms with van der Waals surface area (Å²) in [6.07, 6.45) is 0. The molecule has 0 radical (unpaired) electrons. The van der Waals surface area contributed by atoms with Crippen LogP contribution in [0.25, 0.3) is 0 Å². The summed E-state index contributed by atoms with van der Waals surface area (Å²) in [5.41, 5.74) is 0.0941. The van der Waals surface area contributed by atoms with Crippen molar-refractivity contribution in [2.24, 2.45) is 0 Å². The van der Waals surface area contributed by atoms with Crippen LogP contribution in [0, 0.1) is 0 Å². The first-order chi connectivity index (χ1) is 9.73. The van der Waals surface area contributed by atoms with E-state index in [1.165, 1.54) is 31.4 Å². The molecule has 0 fully saturated rings. The number of benzene rings is 1. The lowest BCUT2D eigenvalue weighted by Gasteiger charge is -2.19. The topological polar surface area (TPSA) is 81.7 Å². The Morgan fingerprint density at radius 3 is 2.05 bits per heavy atom. The van der Waals surface area contributed by atoms with Crippen molar-refractivity contribution in [3.63, 3.8) is 0 Å². The number of hydrogen-bond acceptors (Lipinski definition) is 5. The molecule has 1 aromatic rings. The van der Waals surface area contributed by atoms with Crippen LogP contribution in [0.5, 0.6) is 0 Å². The van der Waals surface area contributed by atoms with Crippen LogP contribution in [0.4, 0.5) is 0 Å². The number of rotatable bonds is 4. The van der Waals surface area contributed by atoms with E-state index in [1.807, 2.05) is 0 Å². The fraction of sp³-hybridized carbons (Fsp3) is 0.400. The van der Waals surface area contributed by atoms with Gasteiger partial charge in [0, 0.05) is 5.56 Å². The van der Waals surface area contributed by atoms with Gasteiger partial charge in [0.15, 0.2) is 0 Å². The van der Waals surface area contributed by atoms with Crippen molar-refractivity contribution in [1.29, 1.82) is 0 Å². The van der Waals surface area contributed by atoms with Gasteiger partial charge in [-0.25, -0.2) is 4.79 Å². The molecular weight excluding hydrogens is 274 g/mol. The Kier molecular flexibility index (Phi) is 5.46. The molecule has 1 N–H and O–H groups in total. The first-order valence-corrected chi connectivity index (χ1v) is 6.41. The van der Waals surface area contributed by atoms with Gasteiger partial charge in [-0.05, 0) is 45.0 Å². The van der Waals surface area contributed by atoms with Crippen molar-refractivity contribution < 1.29 is 23.9 Å². The molecule has 1 rings (SSSR count). The lowest BCUT2D eigenvalue weighted by Crippen LogP contribution is -2.34. The standard InChI is InChI=1S/C15H19NO5/c1-15(2,3)21-12(17)9-16-13(18)10-5-7-11(8-6-10)14(19)20-4/h5-8H,9H2,1-4H3,(H,16,18). The van der Waals surface area contributed by atoms with E-state index in [9.17, 15) is 14.4 Å². The van der Waals surface area contributed by atoms with Crippen molar-refractivity contribution in [2.75, 3.05) is 13.7 Å². The molecule has 0 saturated carbocycles. The second-order valence-electron chi connectivity index (χ2n) is 5.34. The molecule has 0 spiro atoms. The van der Waals surface area contributed by atoms with Gasteiger partial charge in [-0.3, -0.25) is 9.59 Å². The highest BCUT2D eigenvalue weighted by molar-refractivity contribution is 5.97. The van der Waals surface area contributed by atoms with E-state index < -0.39 is 23.4 Å². The molecule has 0 aliphatic rings. The van der Waals surface area contributed by atoms with E-state index in [2.05, 4.69) is 10.1 Å². The van der Waals surface area contributed by atoms with E-state index in [1.54, 1.807) is 20.8 Å². The Hall–Kier alpha value is -2.37. The highest BCUT2D eigenvalue weighted by atomic mass is 16.6. The summed E-state index contributed by atoms with van der Waals surface area (Å²) in [6, 6.07) is 5.93. The first-order valence-electron chi connectivity index (χ1n) is 6.41. The Balaban J connectivity index is 2.56. The molecule has 0 aromatic heterocycles. The molecule has 0 saturated heterocycles. The summed E-state index contributed by atoms with van der Waals surface area (Å²) in [5, 5.41) is 2.45. The van der Waals surface area contributed by atoms with Gasteiger partial charge < -0.3 is 14.8 Å². The van der Waals surface area contributed by atoms with Crippen LogP contribution in [0.2, 0.25) is 0 Å². The number of carbonyl (C=O) groups excluding carboxylic acids is 3. The van der Waals surface area contributed by atoms with Gasteiger partial charge in [0.2, 0.25) is 0 Å². The third-order valence-corrected chi connectivity index (χ3v) is 2.38. The maximum absolute atomic E-state index is 11.8. The van der Waals surface area contributed by atoms with Crippen LogP contribution in [0.15, 0.2) is 24.3 Å². The number of esters is 2. The molecule has 0 heterocycles. The average Bonchev–Trinajstić information content (AvgIpc) is 2.42. The molecule has 1 amide bonds. The van der Waals surface area contributed by atoms with Gasteiger partial charge in [-0.1, -0.05) is 0 Å². The molecule has 6 nitrogen and oxygen atoms in total. The van der Waals surface area contributed by atoms with E-state index in [4.69, 9.17) is 4.74 Å². The predicted octanol–water partition coefficient (Wildman–Crippen LogP) is 1.54. The quantitative estimate of drug-likeness (QED) is 0.852. The minimum absolute atomic E-state index is 0.213. The van der Waals surface area contributed by atoms with Crippen LogP contribution in [0.1, 0.15) is 41.5 Å². The lowest BCUT2D eigenvalue weighted by molar-refractivity contribution is -0.153. The Morgan fingerprint density at radius 2 is 1.57 bits per heavy atom. The zero-order valence-electron chi connectivity index (χ0n) is 12.6. The van der Waals surface area contributed by atoms with Crippen LogP contribution < -0.4 is 5.32 Å². The first kappa shape index (κ1) is 16.7. The molecular formula is C15H19NO5. The molecule has 0 aliphatic heterocycles. The zero-order chi connectivity index (χ0) is 16.0. The lowest BCUT2D eigenvalue weighted by atomic mass is 10.1. The van der Waals surface area contributed by atoms with Gasteiger partial charge in [0.25, 0.3) is 5.91 Å². The summed E-state index contributed by atoms with van der Waals surface area (Å²) in [5.74, 6) is -1.41. The number of methoxy groups -OCH3 is 1. The van der Waals surface area contributed by atoms with Crippen molar-refractivity contribution in [2.45, 2.75) is 26.4 Å². The van der Waals surface area contributed by atoms with Crippen LogP contribution in [-0.4, -0.2) is 37.1 Å². The molecule has 0 bridgehead atoms. The van der Waals surface area contributed by atoms with Crippen molar-refractivity contribution in [3.05, 3.63) is 35.4 Å². The summed E-state index contributed by atoms with van der Waals surface area (Å²) in [7, 11) is 1.28. The molecule has 6 heteroatoms. The number of hydrogen-bond donors (Lipinski definition) is 1. The predicted molar refractivity (Wildman–Crippen MR) is 76.0 cm³/mol. The third-order valence-electron chi connectivity index (χ3n) is 2.38. The SMILES string of the molecule is COC(=O)c1ccc(C(=O)NCC(=O)OC(C)(C)C)cc1. The van der Waals surface area contributed by atoms with E-state index in [0.717, 1.165) is 0 Å². The molecule has 21 heavy (non-hydrogen) atoms. The third kappa shape index (κ3) is 5.64.